The number of nitrogens with one attached hydrogen (secondary N) is 1. The molecule has 0 aliphatic rings. The van der Waals surface area contributed by atoms with Crippen LogP contribution in [0.2, 0.25) is 0 Å². The average Bonchev–Trinajstić information content (AvgIpc) is 3.38. The molecular weight excluding hydrogens is 457 g/mol. The van der Waals surface area contributed by atoms with Gasteiger partial charge in [-0.15, -0.1) is 0 Å². The molecule has 3 aromatic rings. The molecule has 4 N–H and O–H groups in total. The van der Waals surface area contributed by atoms with E-state index >= 15 is 0 Å². The minimum Gasteiger partial charge on any atom is -0.475 e. The van der Waals surface area contributed by atoms with Crippen molar-refractivity contribution in [1.29, 1.82) is 0 Å². The SMILES string of the molecule is CCn1cc(-c2cccc(-n3c(CC(CN)=C(F)F)n[nH]c3=O)n2)cn1.O=C(O)C(F)(F)F. The van der Waals surface area contributed by atoms with Crippen LogP contribution in [0.4, 0.5) is 22.0 Å². The summed E-state index contributed by atoms with van der Waals surface area (Å²) >= 11 is 0. The summed E-state index contributed by atoms with van der Waals surface area (Å²) in [4.78, 5) is 25.5. The van der Waals surface area contributed by atoms with Gasteiger partial charge in [-0.05, 0) is 19.1 Å². The van der Waals surface area contributed by atoms with E-state index in [2.05, 4.69) is 20.3 Å². The molecule has 10 nitrogen and oxygen atoms in total. The third-order valence-corrected chi connectivity index (χ3v) is 4.09. The number of nitrogens with zero attached hydrogens (tertiary/aromatic N) is 5. The van der Waals surface area contributed by atoms with Crippen molar-refractivity contribution in [1.82, 2.24) is 29.5 Å². The Labute approximate surface area is 182 Å². The number of aromatic nitrogens is 6. The quantitative estimate of drug-likeness (QED) is 0.463. The molecule has 3 rings (SSSR count). The largest absolute Gasteiger partial charge is 0.490 e. The fourth-order valence-corrected chi connectivity index (χ4v) is 2.47. The Balaban J connectivity index is 0.000000479. The lowest BCUT2D eigenvalue weighted by atomic mass is 10.2. The Hall–Kier alpha value is -3.88. The minimum absolute atomic E-state index is 0.108. The molecule has 33 heavy (non-hydrogen) atoms. The van der Waals surface area contributed by atoms with Gasteiger partial charge in [0.15, 0.2) is 0 Å². The van der Waals surface area contributed by atoms with Crippen molar-refractivity contribution in [3.63, 3.8) is 0 Å². The van der Waals surface area contributed by atoms with E-state index in [0.29, 0.717) is 12.2 Å². The number of alkyl halides is 3. The molecule has 0 amide bonds. The van der Waals surface area contributed by atoms with Crippen LogP contribution in [-0.2, 0) is 17.8 Å². The van der Waals surface area contributed by atoms with E-state index in [1.165, 1.54) is 0 Å². The number of halogens is 5. The van der Waals surface area contributed by atoms with Crippen LogP contribution in [0.1, 0.15) is 12.7 Å². The molecule has 0 spiro atoms. The van der Waals surface area contributed by atoms with E-state index in [1.54, 1.807) is 29.1 Å². The smallest absolute Gasteiger partial charge is 0.475 e. The zero-order valence-electron chi connectivity index (χ0n) is 17.0. The number of pyridine rings is 1. The number of rotatable bonds is 6. The molecule has 0 radical (unpaired) electrons. The molecular formula is C18H18F5N7O3. The molecule has 178 valence electrons. The first-order valence-corrected chi connectivity index (χ1v) is 9.17. The summed E-state index contributed by atoms with van der Waals surface area (Å²) < 4.78 is 60.4. The van der Waals surface area contributed by atoms with Crippen LogP contribution in [0, 0.1) is 0 Å². The molecule has 3 aromatic heterocycles. The standard InChI is InChI=1S/C16H17F2N7O.C2HF3O2/c1-2-24-9-11(8-20-24)12-4-3-5-13(21-12)25-14(22-23-16(25)26)6-10(7-19)15(17)18;3-2(4,5)1(6)7/h3-5,8-9H,2,6-7,19H2,1H3,(H,23,26);(H,6,7). The second-order valence-corrected chi connectivity index (χ2v) is 6.29. The van der Waals surface area contributed by atoms with Gasteiger partial charge in [-0.1, -0.05) is 6.07 Å². The van der Waals surface area contributed by atoms with Gasteiger partial charge >= 0.3 is 17.8 Å². The number of hydrogen-bond donors (Lipinski definition) is 3. The summed E-state index contributed by atoms with van der Waals surface area (Å²) in [7, 11) is 0. The summed E-state index contributed by atoms with van der Waals surface area (Å²) in [6, 6.07) is 5.10. The lowest BCUT2D eigenvalue weighted by Gasteiger charge is -2.07. The van der Waals surface area contributed by atoms with Gasteiger partial charge in [0.25, 0.3) is 6.08 Å². The van der Waals surface area contributed by atoms with Gasteiger partial charge in [0.05, 0.1) is 11.9 Å². The molecule has 3 heterocycles. The van der Waals surface area contributed by atoms with Crippen molar-refractivity contribution in [2.45, 2.75) is 26.1 Å². The van der Waals surface area contributed by atoms with Crippen molar-refractivity contribution in [2.24, 2.45) is 5.73 Å². The highest BCUT2D eigenvalue weighted by Crippen LogP contribution is 2.19. The molecule has 0 fully saturated rings. The zero-order chi connectivity index (χ0) is 24.8. The lowest BCUT2D eigenvalue weighted by Crippen LogP contribution is -2.21. The summed E-state index contributed by atoms with van der Waals surface area (Å²) in [6.07, 6.45) is -3.71. The highest BCUT2D eigenvalue weighted by molar-refractivity contribution is 5.73. The Morgan fingerprint density at radius 1 is 1.27 bits per heavy atom. The number of aryl methyl sites for hydroxylation is 1. The Bertz CT molecular complexity index is 1190. The number of aromatic amines is 1. The van der Waals surface area contributed by atoms with Gasteiger partial charge in [-0.3, -0.25) is 4.68 Å². The van der Waals surface area contributed by atoms with Crippen LogP contribution in [-0.4, -0.2) is 53.3 Å². The van der Waals surface area contributed by atoms with Crippen LogP contribution < -0.4 is 11.4 Å². The zero-order valence-corrected chi connectivity index (χ0v) is 17.0. The number of carboxylic acid groups (broad SMARTS) is 1. The van der Waals surface area contributed by atoms with Crippen molar-refractivity contribution in [2.75, 3.05) is 6.54 Å². The number of nitrogens with two attached hydrogens (primary N) is 1. The van der Waals surface area contributed by atoms with Gasteiger partial charge in [0, 0.05) is 36.8 Å². The number of H-pyrrole nitrogens is 1. The van der Waals surface area contributed by atoms with E-state index in [1.807, 2.05) is 13.1 Å². The Morgan fingerprint density at radius 2 is 1.94 bits per heavy atom. The van der Waals surface area contributed by atoms with E-state index in [0.717, 1.165) is 10.1 Å². The summed E-state index contributed by atoms with van der Waals surface area (Å²) in [5, 5.41) is 17.4. The maximum absolute atomic E-state index is 12.9. The van der Waals surface area contributed by atoms with E-state index in [9.17, 15) is 26.7 Å². The molecule has 0 aliphatic heterocycles. The molecule has 0 saturated carbocycles. The average molecular weight is 475 g/mol. The Morgan fingerprint density at radius 3 is 2.45 bits per heavy atom. The van der Waals surface area contributed by atoms with E-state index in [4.69, 9.17) is 15.6 Å². The van der Waals surface area contributed by atoms with Crippen LogP contribution in [0.15, 0.2) is 47.0 Å². The minimum atomic E-state index is -5.08. The molecule has 0 aliphatic carbocycles. The van der Waals surface area contributed by atoms with Crippen molar-refractivity contribution >= 4 is 5.97 Å². The number of hydrogen-bond acceptors (Lipinski definition) is 6. The third-order valence-electron chi connectivity index (χ3n) is 4.09. The van der Waals surface area contributed by atoms with Gasteiger partial charge in [0.2, 0.25) is 0 Å². The van der Waals surface area contributed by atoms with E-state index in [-0.39, 0.29) is 30.2 Å². The summed E-state index contributed by atoms with van der Waals surface area (Å²) in [5.74, 6) is -2.37. The fourth-order valence-electron chi connectivity index (χ4n) is 2.47. The Kier molecular flexibility index (Phi) is 8.17. The maximum atomic E-state index is 12.9. The van der Waals surface area contributed by atoms with E-state index < -0.39 is 23.9 Å². The third kappa shape index (κ3) is 6.55. The molecule has 0 aromatic carbocycles. The second kappa shape index (κ2) is 10.6. The lowest BCUT2D eigenvalue weighted by molar-refractivity contribution is -0.192. The van der Waals surface area contributed by atoms with Crippen LogP contribution in [0.25, 0.3) is 17.1 Å². The molecule has 15 heteroatoms. The normalized spacial score (nSPS) is 11.0. The summed E-state index contributed by atoms with van der Waals surface area (Å²) in [6.45, 7) is 2.35. The van der Waals surface area contributed by atoms with Crippen molar-refractivity contribution in [3.8, 4) is 17.1 Å². The highest BCUT2D eigenvalue weighted by atomic mass is 19.4. The maximum Gasteiger partial charge on any atom is 0.490 e. The summed E-state index contributed by atoms with van der Waals surface area (Å²) in [5.41, 5.74) is 5.88. The van der Waals surface area contributed by atoms with Crippen molar-refractivity contribution in [3.05, 3.63) is 58.6 Å². The first-order valence-electron chi connectivity index (χ1n) is 9.17. The van der Waals surface area contributed by atoms with Gasteiger partial charge < -0.3 is 10.8 Å². The van der Waals surface area contributed by atoms with Gasteiger partial charge in [0.1, 0.15) is 11.6 Å². The predicted octanol–water partition coefficient (Wildman–Crippen LogP) is 2.12. The highest BCUT2D eigenvalue weighted by Gasteiger charge is 2.38. The number of carbonyl (C=O) groups is 1. The molecule has 0 bridgehead atoms. The molecule has 0 saturated heterocycles. The predicted molar refractivity (Wildman–Crippen MR) is 105 cm³/mol. The topological polar surface area (TPSA) is 145 Å². The number of aliphatic carboxylic acids is 1. The van der Waals surface area contributed by atoms with Crippen LogP contribution in [0.5, 0.6) is 0 Å². The second-order valence-electron chi connectivity index (χ2n) is 6.29. The number of carboxylic acids is 1. The van der Waals surface area contributed by atoms with Gasteiger partial charge in [-0.25, -0.2) is 24.2 Å². The fraction of sp³-hybridized carbons (Fsp3) is 0.278. The van der Waals surface area contributed by atoms with Crippen LogP contribution >= 0.6 is 0 Å². The first-order chi connectivity index (χ1) is 15.5. The van der Waals surface area contributed by atoms with Crippen molar-refractivity contribution < 1.29 is 31.9 Å². The molecule has 0 unspecified atom stereocenters. The monoisotopic (exact) mass is 475 g/mol. The first kappa shape index (κ1) is 25.4. The van der Waals surface area contributed by atoms with Gasteiger partial charge in [-0.2, -0.15) is 32.1 Å². The van der Waals surface area contributed by atoms with Crippen LogP contribution in [0.3, 0.4) is 0 Å². The molecule has 0 atom stereocenters.